The quantitative estimate of drug-likeness (QED) is 0.726. The lowest BCUT2D eigenvalue weighted by Crippen LogP contribution is -2.37. The van der Waals surface area contributed by atoms with Gasteiger partial charge in [-0.25, -0.2) is 4.39 Å². The zero-order chi connectivity index (χ0) is 18.4. The maximum Gasteiger partial charge on any atom is 0.124 e. The van der Waals surface area contributed by atoms with Crippen LogP contribution < -0.4 is 10.1 Å². The molecular weight excluding hydrogens is 351 g/mol. The number of likely N-dealkylation sites (N-methyl/N-ethyl adjacent to an activating group) is 1. The van der Waals surface area contributed by atoms with Gasteiger partial charge in [-0.2, -0.15) is 0 Å². The molecule has 0 saturated carbocycles. The Bertz CT molecular complexity index is 708. The molecule has 26 heavy (non-hydrogen) atoms. The van der Waals surface area contributed by atoms with Crippen LogP contribution in [0.25, 0.3) is 0 Å². The molecule has 0 bridgehead atoms. The summed E-state index contributed by atoms with van der Waals surface area (Å²) >= 11 is 6.17. The van der Waals surface area contributed by atoms with E-state index in [1.165, 1.54) is 31.5 Å². The van der Waals surface area contributed by atoms with Crippen molar-refractivity contribution in [3.63, 3.8) is 0 Å². The molecule has 0 amide bonds. The van der Waals surface area contributed by atoms with E-state index in [1.54, 1.807) is 12.1 Å². The molecule has 1 aliphatic heterocycles. The highest BCUT2D eigenvalue weighted by molar-refractivity contribution is 6.30. The molecule has 0 radical (unpaired) electrons. The van der Waals surface area contributed by atoms with E-state index >= 15 is 0 Å². The van der Waals surface area contributed by atoms with E-state index < -0.39 is 0 Å². The lowest BCUT2D eigenvalue weighted by Gasteiger charge is -2.23. The molecule has 2 aromatic rings. The van der Waals surface area contributed by atoms with Gasteiger partial charge in [-0.15, -0.1) is 0 Å². The number of rotatable bonds is 8. The van der Waals surface area contributed by atoms with Gasteiger partial charge < -0.3 is 10.1 Å². The van der Waals surface area contributed by atoms with Crippen LogP contribution in [0, 0.1) is 5.82 Å². The van der Waals surface area contributed by atoms with Crippen LogP contribution in [0.15, 0.2) is 42.5 Å². The number of ether oxygens (including phenoxy) is 1. The summed E-state index contributed by atoms with van der Waals surface area (Å²) in [4.78, 5) is 2.52. The van der Waals surface area contributed by atoms with E-state index in [4.69, 9.17) is 16.3 Å². The van der Waals surface area contributed by atoms with Crippen LogP contribution in [0.3, 0.4) is 0 Å². The number of halogens is 2. The molecule has 0 aliphatic carbocycles. The summed E-state index contributed by atoms with van der Waals surface area (Å²) in [5, 5.41) is 4.25. The average molecular weight is 377 g/mol. The summed E-state index contributed by atoms with van der Waals surface area (Å²) in [6, 6.07) is 12.7. The van der Waals surface area contributed by atoms with Gasteiger partial charge in [-0.3, -0.25) is 4.90 Å². The maximum atomic E-state index is 13.0. The van der Waals surface area contributed by atoms with Crippen molar-refractivity contribution in [3.8, 4) is 5.75 Å². The Hall–Kier alpha value is -1.62. The van der Waals surface area contributed by atoms with Gasteiger partial charge in [0.05, 0.1) is 0 Å². The van der Waals surface area contributed by atoms with Crippen molar-refractivity contribution in [2.24, 2.45) is 0 Å². The first kappa shape index (κ1) is 19.2. The Kier molecular flexibility index (Phi) is 6.89. The first-order valence-electron chi connectivity index (χ1n) is 9.26. The third-order valence-corrected chi connectivity index (χ3v) is 5.17. The number of likely N-dealkylation sites (tertiary alicyclic amines) is 1. The highest BCUT2D eigenvalue weighted by Crippen LogP contribution is 2.24. The van der Waals surface area contributed by atoms with Gasteiger partial charge in [0.2, 0.25) is 0 Å². The largest absolute Gasteiger partial charge is 0.489 e. The summed E-state index contributed by atoms with van der Waals surface area (Å²) < 4.78 is 19.0. The van der Waals surface area contributed by atoms with Crippen LogP contribution in [0.4, 0.5) is 4.39 Å². The summed E-state index contributed by atoms with van der Waals surface area (Å²) in [7, 11) is 0. The molecule has 3 rings (SSSR count). The molecule has 140 valence electrons. The van der Waals surface area contributed by atoms with E-state index in [9.17, 15) is 4.39 Å². The molecule has 1 saturated heterocycles. The van der Waals surface area contributed by atoms with Crippen LogP contribution in [-0.4, -0.2) is 30.6 Å². The van der Waals surface area contributed by atoms with E-state index in [2.05, 4.69) is 17.1 Å². The zero-order valence-electron chi connectivity index (χ0n) is 15.2. The van der Waals surface area contributed by atoms with Crippen LogP contribution in [-0.2, 0) is 13.2 Å². The first-order valence-corrected chi connectivity index (χ1v) is 9.64. The van der Waals surface area contributed by atoms with Crippen molar-refractivity contribution in [1.29, 1.82) is 0 Å². The fourth-order valence-electron chi connectivity index (χ4n) is 3.48. The topological polar surface area (TPSA) is 24.5 Å². The Morgan fingerprint density at radius 2 is 2.04 bits per heavy atom. The van der Waals surface area contributed by atoms with Crippen molar-refractivity contribution in [2.75, 3.05) is 19.6 Å². The second kappa shape index (κ2) is 9.36. The lowest BCUT2D eigenvalue weighted by atomic mass is 10.1. The summed E-state index contributed by atoms with van der Waals surface area (Å²) in [6.45, 7) is 6.62. The van der Waals surface area contributed by atoms with Gasteiger partial charge in [0, 0.05) is 29.7 Å². The molecule has 1 N–H and O–H groups in total. The smallest absolute Gasteiger partial charge is 0.124 e. The van der Waals surface area contributed by atoms with Crippen molar-refractivity contribution < 1.29 is 9.13 Å². The minimum Gasteiger partial charge on any atom is -0.489 e. The Morgan fingerprint density at radius 1 is 1.23 bits per heavy atom. The number of hydrogen-bond acceptors (Lipinski definition) is 3. The Morgan fingerprint density at radius 3 is 2.81 bits per heavy atom. The number of benzene rings is 2. The normalized spacial score (nSPS) is 17.6. The second-order valence-electron chi connectivity index (χ2n) is 6.72. The molecule has 1 fully saturated rings. The molecule has 0 spiro atoms. The monoisotopic (exact) mass is 376 g/mol. The van der Waals surface area contributed by atoms with Crippen LogP contribution in [0.5, 0.6) is 5.75 Å². The molecular formula is C21H26ClFN2O. The molecule has 2 aromatic carbocycles. The van der Waals surface area contributed by atoms with Gasteiger partial charge >= 0.3 is 0 Å². The second-order valence-corrected chi connectivity index (χ2v) is 7.16. The third-order valence-electron chi connectivity index (χ3n) is 4.93. The van der Waals surface area contributed by atoms with Crippen LogP contribution >= 0.6 is 11.6 Å². The Labute approximate surface area is 160 Å². The van der Waals surface area contributed by atoms with Crippen molar-refractivity contribution >= 4 is 11.6 Å². The van der Waals surface area contributed by atoms with Gasteiger partial charge in [-0.1, -0.05) is 30.7 Å². The summed E-state index contributed by atoms with van der Waals surface area (Å²) in [5.41, 5.74) is 1.98. The minimum atomic E-state index is -0.238. The minimum absolute atomic E-state index is 0.238. The predicted molar refractivity (Wildman–Crippen MR) is 104 cm³/mol. The van der Waals surface area contributed by atoms with E-state index in [-0.39, 0.29) is 5.82 Å². The summed E-state index contributed by atoms with van der Waals surface area (Å²) in [5.74, 6) is 0.572. The van der Waals surface area contributed by atoms with Crippen LogP contribution in [0.2, 0.25) is 5.02 Å². The first-order chi connectivity index (χ1) is 12.7. The summed E-state index contributed by atoms with van der Waals surface area (Å²) in [6.07, 6.45) is 2.54. The lowest BCUT2D eigenvalue weighted by molar-refractivity contribution is 0.259. The van der Waals surface area contributed by atoms with Crippen molar-refractivity contribution in [2.45, 2.75) is 39.0 Å². The van der Waals surface area contributed by atoms with E-state index in [1.807, 2.05) is 18.2 Å². The van der Waals surface area contributed by atoms with Crippen LogP contribution in [0.1, 0.15) is 30.9 Å². The van der Waals surface area contributed by atoms with Crippen molar-refractivity contribution in [3.05, 3.63) is 64.4 Å². The fraction of sp³-hybridized carbons (Fsp3) is 0.429. The molecule has 1 heterocycles. The fourth-order valence-corrected chi connectivity index (χ4v) is 3.68. The van der Waals surface area contributed by atoms with Gasteiger partial charge in [0.25, 0.3) is 0 Å². The maximum absolute atomic E-state index is 13.0. The average Bonchev–Trinajstić information content (AvgIpc) is 3.10. The predicted octanol–water partition coefficient (Wildman–Crippen LogP) is 4.63. The number of hydrogen-bond donors (Lipinski definition) is 1. The Balaban J connectivity index is 1.57. The van der Waals surface area contributed by atoms with E-state index in [0.717, 1.165) is 30.0 Å². The number of nitrogens with one attached hydrogen (secondary N) is 1. The molecule has 5 heteroatoms. The molecule has 0 aromatic heterocycles. The van der Waals surface area contributed by atoms with Crippen molar-refractivity contribution in [1.82, 2.24) is 10.2 Å². The molecule has 1 aliphatic rings. The molecule has 1 atom stereocenters. The molecule has 3 nitrogen and oxygen atoms in total. The highest BCUT2D eigenvalue weighted by atomic mass is 35.5. The van der Waals surface area contributed by atoms with E-state index in [0.29, 0.717) is 24.2 Å². The highest BCUT2D eigenvalue weighted by Gasteiger charge is 2.22. The third kappa shape index (κ3) is 5.19. The molecule has 1 unspecified atom stereocenters. The standard InChI is InChI=1S/C21H26ClFN2O/c1-2-25-11-3-4-20(25)14-24-13-17-12-18(22)7-10-21(17)26-15-16-5-8-19(23)9-6-16/h5-10,12,20,24H,2-4,11,13-15H2,1H3. The number of nitrogens with zero attached hydrogens (tertiary/aromatic N) is 1. The SMILES string of the molecule is CCN1CCCC1CNCc1cc(Cl)ccc1OCc1ccc(F)cc1. The zero-order valence-corrected chi connectivity index (χ0v) is 15.9. The van der Waals surface area contributed by atoms with Gasteiger partial charge in [0.15, 0.2) is 0 Å². The van der Waals surface area contributed by atoms with Gasteiger partial charge in [0.1, 0.15) is 18.2 Å². The van der Waals surface area contributed by atoms with Gasteiger partial charge in [-0.05, 0) is 61.8 Å².